The molecule has 2 aromatic rings. The molecule has 0 saturated heterocycles. The maximum Gasteiger partial charge on any atom is 0.0552 e. The number of rotatable bonds is 6. The Morgan fingerprint density at radius 1 is 1.20 bits per heavy atom. The van der Waals surface area contributed by atoms with Gasteiger partial charge in [0.2, 0.25) is 0 Å². The third-order valence-corrected chi connectivity index (χ3v) is 4.23. The van der Waals surface area contributed by atoms with Gasteiger partial charge in [-0.1, -0.05) is 6.92 Å². The molecule has 0 spiro atoms. The number of nitrogens with zero attached hydrogens (tertiary/aromatic N) is 1. The molecule has 0 amide bonds. The highest BCUT2D eigenvalue weighted by molar-refractivity contribution is 7.12. The van der Waals surface area contributed by atoms with Crippen molar-refractivity contribution >= 4 is 22.7 Å². The van der Waals surface area contributed by atoms with E-state index in [4.69, 9.17) is 0 Å². The van der Waals surface area contributed by atoms with Crippen molar-refractivity contribution in [3.05, 3.63) is 39.8 Å². The number of pyridine rings is 1. The van der Waals surface area contributed by atoms with Gasteiger partial charge in [0.15, 0.2) is 0 Å². The van der Waals surface area contributed by atoms with Crippen LogP contribution in [0.5, 0.6) is 0 Å². The standard InChI is InChI=1S/C16H23N3S/c1-5-6-18-14-8-15(10-17-9-14)19-12(3)16-7-11(2)20-13(16)4/h7-10,12,18-19H,5-6H2,1-4H3. The number of aromatic nitrogens is 1. The predicted molar refractivity (Wildman–Crippen MR) is 88.8 cm³/mol. The van der Waals surface area contributed by atoms with Crippen LogP contribution in [0.2, 0.25) is 0 Å². The van der Waals surface area contributed by atoms with Gasteiger partial charge in [-0.05, 0) is 44.9 Å². The summed E-state index contributed by atoms with van der Waals surface area (Å²) in [5.74, 6) is 0. The number of thiophene rings is 1. The van der Waals surface area contributed by atoms with Gasteiger partial charge in [-0.2, -0.15) is 0 Å². The molecule has 1 unspecified atom stereocenters. The summed E-state index contributed by atoms with van der Waals surface area (Å²) in [4.78, 5) is 7.04. The van der Waals surface area contributed by atoms with E-state index in [1.807, 2.05) is 23.7 Å². The van der Waals surface area contributed by atoms with E-state index < -0.39 is 0 Å². The zero-order valence-corrected chi connectivity index (χ0v) is 13.5. The first-order chi connectivity index (χ1) is 9.60. The highest BCUT2D eigenvalue weighted by Gasteiger charge is 2.11. The lowest BCUT2D eigenvalue weighted by molar-refractivity contribution is 0.879. The van der Waals surface area contributed by atoms with Crippen molar-refractivity contribution < 1.29 is 0 Å². The van der Waals surface area contributed by atoms with Crippen molar-refractivity contribution in [2.45, 2.75) is 40.2 Å². The highest BCUT2D eigenvalue weighted by Crippen LogP contribution is 2.28. The fourth-order valence-electron chi connectivity index (χ4n) is 2.29. The van der Waals surface area contributed by atoms with Crippen molar-refractivity contribution in [2.24, 2.45) is 0 Å². The van der Waals surface area contributed by atoms with E-state index in [9.17, 15) is 0 Å². The molecule has 108 valence electrons. The quantitative estimate of drug-likeness (QED) is 0.805. The first kappa shape index (κ1) is 14.9. The summed E-state index contributed by atoms with van der Waals surface area (Å²) < 4.78 is 0. The Kier molecular flexibility index (Phi) is 5.01. The summed E-state index contributed by atoms with van der Waals surface area (Å²) in [5.41, 5.74) is 3.50. The summed E-state index contributed by atoms with van der Waals surface area (Å²) in [6.07, 6.45) is 4.86. The molecular formula is C16H23N3S. The monoisotopic (exact) mass is 289 g/mol. The summed E-state index contributed by atoms with van der Waals surface area (Å²) in [6, 6.07) is 4.68. The highest BCUT2D eigenvalue weighted by atomic mass is 32.1. The van der Waals surface area contributed by atoms with Crippen LogP contribution in [0.4, 0.5) is 11.4 Å². The number of hydrogen-bond donors (Lipinski definition) is 2. The smallest absolute Gasteiger partial charge is 0.0552 e. The van der Waals surface area contributed by atoms with Crippen molar-refractivity contribution in [1.82, 2.24) is 4.98 Å². The van der Waals surface area contributed by atoms with Crippen LogP contribution in [0.3, 0.4) is 0 Å². The minimum absolute atomic E-state index is 0.295. The van der Waals surface area contributed by atoms with Crippen LogP contribution in [-0.4, -0.2) is 11.5 Å². The average Bonchev–Trinajstić information content (AvgIpc) is 2.76. The molecule has 4 heteroatoms. The van der Waals surface area contributed by atoms with Gasteiger partial charge in [0.1, 0.15) is 0 Å². The zero-order valence-electron chi connectivity index (χ0n) is 12.7. The van der Waals surface area contributed by atoms with Crippen LogP contribution >= 0.6 is 11.3 Å². The van der Waals surface area contributed by atoms with Gasteiger partial charge >= 0.3 is 0 Å². The normalized spacial score (nSPS) is 12.2. The van der Waals surface area contributed by atoms with Gasteiger partial charge < -0.3 is 10.6 Å². The van der Waals surface area contributed by atoms with E-state index in [0.717, 1.165) is 24.3 Å². The van der Waals surface area contributed by atoms with E-state index in [1.165, 1.54) is 15.3 Å². The van der Waals surface area contributed by atoms with E-state index >= 15 is 0 Å². The zero-order chi connectivity index (χ0) is 14.5. The molecule has 0 aromatic carbocycles. The second-order valence-electron chi connectivity index (χ2n) is 5.12. The number of hydrogen-bond acceptors (Lipinski definition) is 4. The van der Waals surface area contributed by atoms with Gasteiger partial charge in [0, 0.05) is 22.3 Å². The lowest BCUT2D eigenvalue weighted by Crippen LogP contribution is -2.08. The summed E-state index contributed by atoms with van der Waals surface area (Å²) in [7, 11) is 0. The first-order valence-electron chi connectivity index (χ1n) is 7.12. The molecule has 0 saturated carbocycles. The molecule has 2 N–H and O–H groups in total. The second kappa shape index (κ2) is 6.75. The molecule has 2 aromatic heterocycles. The van der Waals surface area contributed by atoms with E-state index in [2.05, 4.69) is 55.4 Å². The SMILES string of the molecule is CCCNc1cncc(NC(C)c2cc(C)sc2C)c1. The van der Waals surface area contributed by atoms with Crippen molar-refractivity contribution in [2.75, 3.05) is 17.2 Å². The van der Waals surface area contributed by atoms with E-state index in [-0.39, 0.29) is 0 Å². The topological polar surface area (TPSA) is 37.0 Å². The Hall–Kier alpha value is -1.55. The van der Waals surface area contributed by atoms with Crippen LogP contribution in [0.1, 0.15) is 41.6 Å². The molecule has 0 fully saturated rings. The summed E-state index contributed by atoms with van der Waals surface area (Å²) >= 11 is 1.85. The third-order valence-electron chi connectivity index (χ3n) is 3.25. The van der Waals surface area contributed by atoms with Gasteiger partial charge in [-0.15, -0.1) is 11.3 Å². The van der Waals surface area contributed by atoms with Crippen LogP contribution in [-0.2, 0) is 0 Å². The molecule has 0 bridgehead atoms. The molecule has 2 heterocycles. The number of aryl methyl sites for hydroxylation is 2. The second-order valence-corrected chi connectivity index (χ2v) is 6.58. The van der Waals surface area contributed by atoms with E-state index in [0.29, 0.717) is 6.04 Å². The molecule has 3 nitrogen and oxygen atoms in total. The minimum Gasteiger partial charge on any atom is -0.384 e. The van der Waals surface area contributed by atoms with Gasteiger partial charge in [0.05, 0.1) is 23.8 Å². The summed E-state index contributed by atoms with van der Waals surface area (Å²) in [6.45, 7) is 9.67. The van der Waals surface area contributed by atoms with Crippen molar-refractivity contribution in [3.8, 4) is 0 Å². The minimum atomic E-state index is 0.295. The Morgan fingerprint density at radius 2 is 1.95 bits per heavy atom. The van der Waals surface area contributed by atoms with Crippen molar-refractivity contribution in [3.63, 3.8) is 0 Å². The molecule has 0 aliphatic heterocycles. The van der Waals surface area contributed by atoms with Gasteiger partial charge in [-0.3, -0.25) is 4.98 Å². The van der Waals surface area contributed by atoms with Crippen LogP contribution < -0.4 is 10.6 Å². The molecule has 0 radical (unpaired) electrons. The Labute approximate surface area is 125 Å². The maximum absolute atomic E-state index is 4.29. The largest absolute Gasteiger partial charge is 0.384 e. The number of anilines is 2. The molecule has 0 aliphatic carbocycles. The molecule has 1 atom stereocenters. The molecule has 20 heavy (non-hydrogen) atoms. The Bertz CT molecular complexity index is 563. The molecular weight excluding hydrogens is 266 g/mol. The predicted octanol–water partition coefficient (Wildman–Crippen LogP) is 4.75. The van der Waals surface area contributed by atoms with E-state index in [1.54, 1.807) is 0 Å². The fraction of sp³-hybridized carbons (Fsp3) is 0.438. The van der Waals surface area contributed by atoms with Crippen LogP contribution in [0.25, 0.3) is 0 Å². The molecule has 2 rings (SSSR count). The fourth-order valence-corrected chi connectivity index (χ4v) is 3.32. The Balaban J connectivity index is 2.07. The molecule has 0 aliphatic rings. The number of nitrogens with one attached hydrogen (secondary N) is 2. The Morgan fingerprint density at radius 3 is 2.60 bits per heavy atom. The van der Waals surface area contributed by atoms with Gasteiger partial charge in [-0.25, -0.2) is 0 Å². The lowest BCUT2D eigenvalue weighted by atomic mass is 10.1. The first-order valence-corrected chi connectivity index (χ1v) is 7.94. The third kappa shape index (κ3) is 3.73. The van der Waals surface area contributed by atoms with Crippen LogP contribution in [0.15, 0.2) is 24.5 Å². The summed E-state index contributed by atoms with van der Waals surface area (Å²) in [5, 5.41) is 6.90. The van der Waals surface area contributed by atoms with Crippen molar-refractivity contribution in [1.29, 1.82) is 0 Å². The average molecular weight is 289 g/mol. The van der Waals surface area contributed by atoms with Crippen LogP contribution in [0, 0.1) is 13.8 Å². The maximum atomic E-state index is 4.29. The lowest BCUT2D eigenvalue weighted by Gasteiger charge is -2.16. The van der Waals surface area contributed by atoms with Gasteiger partial charge in [0.25, 0.3) is 0 Å².